The minimum atomic E-state index is -0.412. The summed E-state index contributed by atoms with van der Waals surface area (Å²) in [6.07, 6.45) is 5.98. The summed E-state index contributed by atoms with van der Waals surface area (Å²) in [6.45, 7) is 8.51. The quantitative estimate of drug-likeness (QED) is 0.588. The summed E-state index contributed by atoms with van der Waals surface area (Å²) in [5.74, 6) is 0.426. The van der Waals surface area contributed by atoms with Gasteiger partial charge in [-0.1, -0.05) is 27.6 Å². The van der Waals surface area contributed by atoms with Gasteiger partial charge >= 0.3 is 0 Å². The average Bonchev–Trinajstić information content (AvgIpc) is 2.27. The highest BCUT2D eigenvalue weighted by molar-refractivity contribution is 9.09. The number of alkyl halides is 1. The minimum Gasteiger partial charge on any atom is -0.390 e. The van der Waals surface area contributed by atoms with E-state index in [0.717, 1.165) is 25.7 Å². The third-order valence-electron chi connectivity index (χ3n) is 4.78. The van der Waals surface area contributed by atoms with Crippen LogP contribution in [0.4, 0.5) is 0 Å². The molecule has 18 heavy (non-hydrogen) atoms. The Bertz CT molecular complexity index is 350. The molecule has 0 spiro atoms. The molecule has 1 heterocycles. The smallest absolute Gasteiger partial charge is 0.0951 e. The molecule has 0 saturated carbocycles. The summed E-state index contributed by atoms with van der Waals surface area (Å²) < 4.78 is 6.33. The molecule has 1 N–H and O–H groups in total. The van der Waals surface area contributed by atoms with Gasteiger partial charge in [0.15, 0.2) is 0 Å². The fraction of sp³-hybridized carbons (Fsp3) is 0.867. The Balaban J connectivity index is 2.19. The van der Waals surface area contributed by atoms with Crippen LogP contribution < -0.4 is 0 Å². The van der Waals surface area contributed by atoms with E-state index in [9.17, 15) is 5.11 Å². The van der Waals surface area contributed by atoms with Crippen molar-refractivity contribution in [1.29, 1.82) is 0 Å². The Morgan fingerprint density at radius 1 is 1.39 bits per heavy atom. The lowest BCUT2D eigenvalue weighted by atomic mass is 9.72. The van der Waals surface area contributed by atoms with Crippen molar-refractivity contribution >= 4 is 15.9 Å². The Morgan fingerprint density at radius 3 is 2.61 bits per heavy atom. The second kappa shape index (κ2) is 4.92. The second-order valence-electron chi connectivity index (χ2n) is 6.63. The zero-order valence-corrected chi connectivity index (χ0v) is 13.5. The van der Waals surface area contributed by atoms with Crippen LogP contribution in [-0.4, -0.2) is 27.2 Å². The van der Waals surface area contributed by atoms with Gasteiger partial charge in [-0.05, 0) is 59.3 Å². The van der Waals surface area contributed by atoms with Crippen LogP contribution in [0.3, 0.4) is 0 Å². The summed E-state index contributed by atoms with van der Waals surface area (Å²) in [4.78, 5) is 0.217. The summed E-state index contributed by atoms with van der Waals surface area (Å²) in [5.41, 5.74) is 0.840. The summed E-state index contributed by atoms with van der Waals surface area (Å²) >= 11 is 3.64. The molecule has 1 unspecified atom stereocenters. The van der Waals surface area contributed by atoms with Gasteiger partial charge < -0.3 is 9.84 Å². The molecule has 2 aliphatic rings. The van der Waals surface area contributed by atoms with E-state index >= 15 is 0 Å². The van der Waals surface area contributed by atoms with Crippen molar-refractivity contribution in [3.8, 4) is 0 Å². The summed E-state index contributed by atoms with van der Waals surface area (Å²) in [5, 5.41) is 10.5. The van der Waals surface area contributed by atoms with Crippen LogP contribution in [0.5, 0.6) is 0 Å². The zero-order chi connectivity index (χ0) is 13.6. The maximum absolute atomic E-state index is 10.5. The third kappa shape index (κ3) is 2.54. The van der Waals surface area contributed by atoms with E-state index in [1.807, 2.05) is 0 Å². The number of hydrogen-bond acceptors (Lipinski definition) is 2. The largest absolute Gasteiger partial charge is 0.390 e. The predicted octanol–water partition coefficient (Wildman–Crippen LogP) is 3.81. The molecule has 2 nitrogen and oxygen atoms in total. The fourth-order valence-corrected chi connectivity index (χ4v) is 3.70. The molecule has 1 saturated heterocycles. The summed E-state index contributed by atoms with van der Waals surface area (Å²) in [7, 11) is 0. The van der Waals surface area contributed by atoms with Gasteiger partial charge in [-0.25, -0.2) is 0 Å². The van der Waals surface area contributed by atoms with Gasteiger partial charge in [0.1, 0.15) is 0 Å². The van der Waals surface area contributed by atoms with Crippen molar-refractivity contribution in [2.75, 3.05) is 0 Å². The summed E-state index contributed by atoms with van der Waals surface area (Å²) in [6, 6.07) is 0. The van der Waals surface area contributed by atoms with Gasteiger partial charge in [-0.2, -0.15) is 0 Å². The van der Waals surface area contributed by atoms with Gasteiger partial charge in [-0.15, -0.1) is 0 Å². The van der Waals surface area contributed by atoms with Gasteiger partial charge in [0.2, 0.25) is 0 Å². The standard InChI is InChI=1S/C15H25BrO2/c1-10-5-7-11(8-6-10)15(4)13(17)9-12(16)14(2,3)18-15/h5,11-13,17H,6-9H2,1-4H3/t11-,12-,13?,15-/m1/s1. The molecule has 0 bridgehead atoms. The molecule has 2 rings (SSSR count). The molecule has 104 valence electrons. The Kier molecular flexibility index (Phi) is 3.97. The van der Waals surface area contributed by atoms with Gasteiger partial charge in [0, 0.05) is 4.83 Å². The van der Waals surface area contributed by atoms with Crippen LogP contribution in [0.15, 0.2) is 11.6 Å². The van der Waals surface area contributed by atoms with Crippen LogP contribution >= 0.6 is 15.9 Å². The molecule has 0 aromatic heterocycles. The first kappa shape index (κ1) is 14.5. The van der Waals surface area contributed by atoms with Gasteiger partial charge in [-0.3, -0.25) is 0 Å². The van der Waals surface area contributed by atoms with Crippen molar-refractivity contribution in [3.63, 3.8) is 0 Å². The van der Waals surface area contributed by atoms with Crippen LogP contribution in [-0.2, 0) is 4.74 Å². The van der Waals surface area contributed by atoms with Crippen molar-refractivity contribution in [2.45, 2.75) is 75.5 Å². The van der Waals surface area contributed by atoms with Crippen molar-refractivity contribution in [2.24, 2.45) is 5.92 Å². The van der Waals surface area contributed by atoms with Crippen LogP contribution in [0, 0.1) is 5.92 Å². The highest BCUT2D eigenvalue weighted by Crippen LogP contribution is 2.46. The molecular weight excluding hydrogens is 292 g/mol. The van der Waals surface area contributed by atoms with Crippen LogP contribution in [0.25, 0.3) is 0 Å². The first-order chi connectivity index (χ1) is 8.25. The maximum Gasteiger partial charge on any atom is 0.0951 e. The molecule has 1 aliphatic heterocycles. The van der Waals surface area contributed by atoms with E-state index in [-0.39, 0.29) is 16.5 Å². The van der Waals surface area contributed by atoms with Gasteiger partial charge in [0.05, 0.1) is 17.3 Å². The average molecular weight is 317 g/mol. The molecular formula is C15H25BrO2. The number of aliphatic hydroxyl groups excluding tert-OH is 1. The molecule has 1 aliphatic carbocycles. The SMILES string of the molecule is CC1=CC[C@@H]([C@@]2(C)OC(C)(C)[C@H](Br)CC2O)CC1. The second-order valence-corrected chi connectivity index (χ2v) is 7.74. The lowest BCUT2D eigenvalue weighted by Gasteiger charge is -2.53. The molecule has 3 heteroatoms. The molecule has 1 fully saturated rings. The highest BCUT2D eigenvalue weighted by Gasteiger charge is 2.51. The van der Waals surface area contributed by atoms with Crippen molar-refractivity contribution < 1.29 is 9.84 Å². The van der Waals surface area contributed by atoms with E-state index in [4.69, 9.17) is 4.74 Å². The Hall–Kier alpha value is 0.140. The number of aliphatic hydroxyl groups is 1. The van der Waals surface area contributed by atoms with E-state index in [1.54, 1.807) is 0 Å². The van der Waals surface area contributed by atoms with E-state index < -0.39 is 5.60 Å². The molecule has 0 amide bonds. The Morgan fingerprint density at radius 2 is 2.06 bits per heavy atom. The first-order valence-electron chi connectivity index (χ1n) is 6.93. The number of hydrogen-bond donors (Lipinski definition) is 1. The lowest BCUT2D eigenvalue weighted by Crippen LogP contribution is -2.60. The number of rotatable bonds is 1. The number of halogens is 1. The van der Waals surface area contributed by atoms with Crippen LogP contribution in [0.2, 0.25) is 0 Å². The van der Waals surface area contributed by atoms with Crippen molar-refractivity contribution in [1.82, 2.24) is 0 Å². The van der Waals surface area contributed by atoms with E-state index in [0.29, 0.717) is 5.92 Å². The predicted molar refractivity (Wildman–Crippen MR) is 78.0 cm³/mol. The minimum absolute atomic E-state index is 0.217. The van der Waals surface area contributed by atoms with E-state index in [2.05, 4.69) is 49.7 Å². The van der Waals surface area contributed by atoms with Crippen molar-refractivity contribution in [3.05, 3.63) is 11.6 Å². The monoisotopic (exact) mass is 316 g/mol. The number of allylic oxidation sites excluding steroid dienone is 2. The number of ether oxygens (including phenoxy) is 1. The zero-order valence-electron chi connectivity index (χ0n) is 11.9. The maximum atomic E-state index is 10.5. The highest BCUT2D eigenvalue weighted by atomic mass is 79.9. The molecule has 4 atom stereocenters. The molecule has 0 aromatic rings. The van der Waals surface area contributed by atoms with E-state index in [1.165, 1.54) is 5.57 Å². The fourth-order valence-electron chi connectivity index (χ4n) is 3.25. The normalized spacial score (nSPS) is 44.6. The molecule has 0 radical (unpaired) electrons. The topological polar surface area (TPSA) is 29.5 Å². The Labute approximate surface area is 119 Å². The third-order valence-corrected chi connectivity index (χ3v) is 6.25. The molecule has 0 aromatic carbocycles. The van der Waals surface area contributed by atoms with Crippen LogP contribution in [0.1, 0.15) is 53.4 Å². The first-order valence-corrected chi connectivity index (χ1v) is 7.85. The lowest BCUT2D eigenvalue weighted by molar-refractivity contribution is -0.235. The van der Waals surface area contributed by atoms with Gasteiger partial charge in [0.25, 0.3) is 0 Å².